The molecule has 0 amide bonds. The maximum atomic E-state index is 5.46. The fourth-order valence-corrected chi connectivity index (χ4v) is 1.38. The van der Waals surface area contributed by atoms with Crippen molar-refractivity contribution in [3.05, 3.63) is 12.2 Å². The first-order valence-corrected chi connectivity index (χ1v) is 6.00. The first-order valence-electron chi connectivity index (χ1n) is 4.88. The number of hydrogen-bond acceptors (Lipinski definition) is 2. The summed E-state index contributed by atoms with van der Waals surface area (Å²) in [5, 5.41) is 0. The van der Waals surface area contributed by atoms with E-state index in [4.69, 9.17) is 9.16 Å². The van der Waals surface area contributed by atoms with Gasteiger partial charge in [-0.3, -0.25) is 0 Å². The molecule has 0 N–H and O–H groups in total. The minimum absolute atomic E-state index is 0.363. The van der Waals surface area contributed by atoms with Gasteiger partial charge in [0.1, 0.15) is 0 Å². The molecule has 0 aromatic rings. The Labute approximate surface area is 84.3 Å². The van der Waals surface area contributed by atoms with E-state index in [0.29, 0.717) is 15.9 Å². The quantitative estimate of drug-likeness (QED) is 0.340. The summed E-state index contributed by atoms with van der Waals surface area (Å²) in [7, 11) is 0.576. The fraction of sp³-hybridized carbons (Fsp3) is 0.800. The first-order chi connectivity index (χ1) is 6.31. The van der Waals surface area contributed by atoms with Gasteiger partial charge in [-0.25, -0.2) is 0 Å². The van der Waals surface area contributed by atoms with Crippen molar-refractivity contribution in [3.63, 3.8) is 0 Å². The molecule has 0 aliphatic carbocycles. The lowest BCUT2D eigenvalue weighted by atomic mass is 10.3. The van der Waals surface area contributed by atoms with Crippen molar-refractivity contribution in [2.75, 3.05) is 13.2 Å². The van der Waals surface area contributed by atoms with E-state index in [1.54, 1.807) is 0 Å². The highest BCUT2D eigenvalue weighted by atomic mass is 28.2. The molecule has 0 rings (SSSR count). The molecule has 1 unspecified atom stereocenters. The van der Waals surface area contributed by atoms with Crippen LogP contribution in [0.2, 0.25) is 6.04 Å². The fourth-order valence-electron chi connectivity index (χ4n) is 0.706. The molecule has 76 valence electrons. The van der Waals surface area contributed by atoms with Gasteiger partial charge in [0.25, 0.3) is 0 Å². The monoisotopic (exact) mass is 200 g/mol. The highest BCUT2D eigenvalue weighted by Crippen LogP contribution is 1.94. The number of ether oxygens (including phenoxy) is 1. The van der Waals surface area contributed by atoms with E-state index in [1.807, 2.05) is 13.0 Å². The van der Waals surface area contributed by atoms with E-state index in [2.05, 4.69) is 19.9 Å². The summed E-state index contributed by atoms with van der Waals surface area (Å²) in [5.74, 6) is 0. The topological polar surface area (TPSA) is 18.5 Å². The second-order valence-electron chi connectivity index (χ2n) is 2.86. The third-order valence-electron chi connectivity index (χ3n) is 1.70. The van der Waals surface area contributed by atoms with Gasteiger partial charge in [0.05, 0.1) is 19.3 Å². The molecule has 0 spiro atoms. The summed E-state index contributed by atoms with van der Waals surface area (Å²) in [6, 6.07) is 1.03. The lowest BCUT2D eigenvalue weighted by Crippen LogP contribution is -2.12. The van der Waals surface area contributed by atoms with Crippen molar-refractivity contribution in [3.8, 4) is 0 Å². The van der Waals surface area contributed by atoms with Gasteiger partial charge in [0.2, 0.25) is 9.76 Å². The van der Waals surface area contributed by atoms with Gasteiger partial charge in [-0.1, -0.05) is 19.1 Å². The van der Waals surface area contributed by atoms with E-state index in [-0.39, 0.29) is 0 Å². The molecule has 2 radical (unpaired) electrons. The van der Waals surface area contributed by atoms with Crippen LogP contribution in [0.25, 0.3) is 0 Å². The van der Waals surface area contributed by atoms with Gasteiger partial charge in [0.15, 0.2) is 0 Å². The van der Waals surface area contributed by atoms with Crippen LogP contribution in [0.15, 0.2) is 12.2 Å². The largest absolute Gasteiger partial charge is 0.415 e. The average Bonchev–Trinajstić information content (AvgIpc) is 2.16. The van der Waals surface area contributed by atoms with Gasteiger partial charge in [0, 0.05) is 0 Å². The third kappa shape index (κ3) is 9.79. The van der Waals surface area contributed by atoms with Gasteiger partial charge in [-0.2, -0.15) is 0 Å². The van der Waals surface area contributed by atoms with Crippen LogP contribution < -0.4 is 0 Å². The van der Waals surface area contributed by atoms with Gasteiger partial charge in [-0.05, 0) is 26.3 Å². The molecule has 3 heteroatoms. The average molecular weight is 200 g/mol. The number of hydrogen-bond donors (Lipinski definition) is 0. The summed E-state index contributed by atoms with van der Waals surface area (Å²) in [4.78, 5) is 0. The van der Waals surface area contributed by atoms with Crippen LogP contribution in [-0.2, 0) is 9.16 Å². The zero-order chi connectivity index (χ0) is 9.94. The Morgan fingerprint density at radius 3 is 2.77 bits per heavy atom. The SMILES string of the molecule is C/C=C/C[Si]OCCOC(C)CC. The van der Waals surface area contributed by atoms with E-state index in [1.165, 1.54) is 0 Å². The van der Waals surface area contributed by atoms with Gasteiger partial charge >= 0.3 is 0 Å². The van der Waals surface area contributed by atoms with Crippen LogP contribution in [0.3, 0.4) is 0 Å². The van der Waals surface area contributed by atoms with Crippen molar-refractivity contribution in [2.24, 2.45) is 0 Å². The molecule has 1 atom stereocenters. The molecule has 0 saturated carbocycles. The van der Waals surface area contributed by atoms with Gasteiger partial charge < -0.3 is 9.16 Å². The van der Waals surface area contributed by atoms with Crippen LogP contribution in [-0.4, -0.2) is 29.1 Å². The summed E-state index contributed by atoms with van der Waals surface area (Å²) in [5.41, 5.74) is 0. The van der Waals surface area contributed by atoms with Crippen LogP contribution >= 0.6 is 0 Å². The molecule has 0 aliphatic heterocycles. The minimum Gasteiger partial charge on any atom is -0.415 e. The van der Waals surface area contributed by atoms with E-state index in [0.717, 1.165) is 25.7 Å². The van der Waals surface area contributed by atoms with Crippen molar-refractivity contribution in [1.29, 1.82) is 0 Å². The lowest BCUT2D eigenvalue weighted by molar-refractivity contribution is 0.0434. The zero-order valence-corrected chi connectivity index (χ0v) is 9.88. The Hall–Kier alpha value is -0.123. The first kappa shape index (κ1) is 12.9. The smallest absolute Gasteiger partial charge is 0.233 e. The normalized spacial score (nSPS) is 13.8. The summed E-state index contributed by atoms with van der Waals surface area (Å²) >= 11 is 0. The van der Waals surface area contributed by atoms with Crippen LogP contribution in [0, 0.1) is 0 Å². The second kappa shape index (κ2) is 9.96. The maximum absolute atomic E-state index is 5.46. The Morgan fingerprint density at radius 2 is 2.15 bits per heavy atom. The lowest BCUT2D eigenvalue weighted by Gasteiger charge is -2.09. The van der Waals surface area contributed by atoms with Crippen LogP contribution in [0.1, 0.15) is 27.2 Å². The van der Waals surface area contributed by atoms with E-state index >= 15 is 0 Å². The highest BCUT2D eigenvalue weighted by Gasteiger charge is 1.96. The molecule has 0 saturated heterocycles. The minimum atomic E-state index is 0.363. The van der Waals surface area contributed by atoms with E-state index < -0.39 is 0 Å². The summed E-state index contributed by atoms with van der Waals surface area (Å²) in [6.45, 7) is 7.68. The molecule has 0 aromatic heterocycles. The number of rotatable bonds is 8. The Kier molecular flexibility index (Phi) is 9.87. The predicted molar refractivity (Wildman–Crippen MR) is 57.0 cm³/mol. The second-order valence-corrected chi connectivity index (χ2v) is 3.84. The Bertz CT molecular complexity index is 126. The molecule has 2 nitrogen and oxygen atoms in total. The van der Waals surface area contributed by atoms with Gasteiger partial charge in [-0.15, -0.1) is 0 Å². The highest BCUT2D eigenvalue weighted by molar-refractivity contribution is 6.27. The summed E-state index contributed by atoms with van der Waals surface area (Å²) in [6.07, 6.45) is 5.60. The standard InChI is InChI=1S/C10H20O2Si/c1-4-6-9-13-12-8-7-11-10(3)5-2/h4,6,10H,5,7-9H2,1-3H3/b6-4+. The Morgan fingerprint density at radius 1 is 1.38 bits per heavy atom. The molecular weight excluding hydrogens is 180 g/mol. The van der Waals surface area contributed by atoms with E-state index in [9.17, 15) is 0 Å². The van der Waals surface area contributed by atoms with Crippen molar-refractivity contribution < 1.29 is 9.16 Å². The molecule has 0 bridgehead atoms. The molecule has 0 heterocycles. The Balaban J connectivity index is 2.99. The third-order valence-corrected chi connectivity index (χ3v) is 2.51. The maximum Gasteiger partial charge on any atom is 0.233 e. The number of allylic oxidation sites excluding steroid dienone is 2. The van der Waals surface area contributed by atoms with Crippen molar-refractivity contribution in [1.82, 2.24) is 0 Å². The van der Waals surface area contributed by atoms with Crippen LogP contribution in [0.5, 0.6) is 0 Å². The molecular formula is C10H20O2Si. The summed E-state index contributed by atoms with van der Waals surface area (Å²) < 4.78 is 10.8. The molecule has 0 fully saturated rings. The molecule has 0 aliphatic rings. The molecule has 0 aromatic carbocycles. The van der Waals surface area contributed by atoms with Crippen molar-refractivity contribution >= 4 is 9.76 Å². The van der Waals surface area contributed by atoms with Crippen LogP contribution in [0.4, 0.5) is 0 Å². The van der Waals surface area contributed by atoms with Crippen molar-refractivity contribution in [2.45, 2.75) is 39.3 Å². The zero-order valence-electron chi connectivity index (χ0n) is 8.88. The molecule has 13 heavy (non-hydrogen) atoms. The predicted octanol–water partition coefficient (Wildman–Crippen LogP) is 2.43.